The highest BCUT2D eigenvalue weighted by molar-refractivity contribution is 5.76. The van der Waals surface area contributed by atoms with E-state index in [4.69, 9.17) is 0 Å². The molecule has 0 fully saturated rings. The molecular formula is C61H117NO4. The van der Waals surface area contributed by atoms with Crippen molar-refractivity contribution >= 4 is 5.91 Å². The SMILES string of the molecule is CCCCCCCCCCCCCC/C=C/C(O)C(CO)NC(=O)CC(O)CCCCCCCCCCCCCCCCC/C=C\C/C=C\CCCCCCCCCCCCCCCCC. The fourth-order valence-corrected chi connectivity index (χ4v) is 9.37. The lowest BCUT2D eigenvalue weighted by molar-refractivity contribution is -0.124. The second-order valence-electron chi connectivity index (χ2n) is 20.6. The Hall–Kier alpha value is -1.43. The molecule has 0 aliphatic rings. The predicted octanol–water partition coefficient (Wildman–Crippen LogP) is 18.6. The lowest BCUT2D eigenvalue weighted by Crippen LogP contribution is -2.45. The molecular weight excluding hydrogens is 811 g/mol. The van der Waals surface area contributed by atoms with E-state index in [1.54, 1.807) is 6.08 Å². The molecule has 0 spiro atoms. The van der Waals surface area contributed by atoms with Crippen LogP contribution in [0.4, 0.5) is 0 Å². The van der Waals surface area contributed by atoms with Gasteiger partial charge >= 0.3 is 0 Å². The summed E-state index contributed by atoms with van der Waals surface area (Å²) in [5.41, 5.74) is 0. The molecule has 5 heteroatoms. The first-order valence-electron chi connectivity index (χ1n) is 29.8. The summed E-state index contributed by atoms with van der Waals surface area (Å²) in [4.78, 5) is 12.5. The van der Waals surface area contributed by atoms with Crippen molar-refractivity contribution in [3.8, 4) is 0 Å². The first-order chi connectivity index (χ1) is 32.5. The third-order valence-electron chi connectivity index (χ3n) is 13.9. The first kappa shape index (κ1) is 64.6. The topological polar surface area (TPSA) is 89.8 Å². The van der Waals surface area contributed by atoms with E-state index in [1.165, 1.54) is 263 Å². The highest BCUT2D eigenvalue weighted by Gasteiger charge is 2.20. The summed E-state index contributed by atoms with van der Waals surface area (Å²) in [6, 6.07) is -0.743. The van der Waals surface area contributed by atoms with Gasteiger partial charge in [0.2, 0.25) is 5.91 Å². The number of unbranched alkanes of at least 4 members (excludes halogenated alkanes) is 42. The Kier molecular flexibility index (Phi) is 54.9. The third kappa shape index (κ3) is 52.0. The summed E-state index contributed by atoms with van der Waals surface area (Å²) in [6.07, 6.45) is 73.6. The second-order valence-corrected chi connectivity index (χ2v) is 20.6. The smallest absolute Gasteiger partial charge is 0.222 e. The predicted molar refractivity (Wildman–Crippen MR) is 291 cm³/mol. The molecule has 4 N–H and O–H groups in total. The molecule has 5 nitrogen and oxygen atoms in total. The van der Waals surface area contributed by atoms with Crippen molar-refractivity contribution in [2.75, 3.05) is 6.61 Å². The molecule has 0 saturated carbocycles. The van der Waals surface area contributed by atoms with Gasteiger partial charge in [-0.3, -0.25) is 4.79 Å². The van der Waals surface area contributed by atoms with Gasteiger partial charge in [0.15, 0.2) is 0 Å². The molecule has 66 heavy (non-hydrogen) atoms. The van der Waals surface area contributed by atoms with E-state index in [-0.39, 0.29) is 18.9 Å². The normalized spacial score (nSPS) is 13.5. The maximum absolute atomic E-state index is 12.5. The number of amides is 1. The summed E-state index contributed by atoms with van der Waals surface area (Å²) < 4.78 is 0. The average Bonchev–Trinajstić information content (AvgIpc) is 3.31. The second kappa shape index (κ2) is 56.2. The molecule has 0 radical (unpaired) electrons. The largest absolute Gasteiger partial charge is 0.394 e. The Labute approximate surface area is 413 Å². The molecule has 0 aliphatic carbocycles. The molecule has 0 aromatic rings. The van der Waals surface area contributed by atoms with E-state index < -0.39 is 18.2 Å². The van der Waals surface area contributed by atoms with Crippen LogP contribution in [0.2, 0.25) is 0 Å². The number of aliphatic hydroxyl groups is 3. The standard InChI is InChI=1S/C61H117NO4/c1-3-5-7-9-11-13-15-17-19-20-21-22-23-24-25-26-27-28-29-30-31-32-33-34-35-36-37-38-39-40-41-42-44-46-48-50-52-54-58(64)56-61(66)62-59(57-63)60(65)55-53-51-49-47-45-43-18-16-14-12-10-8-6-4-2/h27-28,30-31,53,55,58-60,63-65H,3-26,29,32-52,54,56-57H2,1-2H3,(H,62,66)/b28-27-,31-30-,55-53+. The fraction of sp³-hybridized carbons (Fsp3) is 0.885. The van der Waals surface area contributed by atoms with Gasteiger partial charge in [0.25, 0.3) is 0 Å². The van der Waals surface area contributed by atoms with Crippen LogP contribution < -0.4 is 5.32 Å². The quantitative estimate of drug-likeness (QED) is 0.0361. The summed E-state index contributed by atoms with van der Waals surface area (Å²) in [6.45, 7) is 4.24. The summed E-state index contributed by atoms with van der Waals surface area (Å²) in [5, 5.41) is 33.4. The van der Waals surface area contributed by atoms with E-state index in [2.05, 4.69) is 43.5 Å². The minimum absolute atomic E-state index is 0.0151. The molecule has 1 amide bonds. The van der Waals surface area contributed by atoms with Crippen LogP contribution in [0.5, 0.6) is 0 Å². The van der Waals surface area contributed by atoms with Gasteiger partial charge in [-0.1, -0.05) is 301 Å². The van der Waals surface area contributed by atoms with Crippen LogP contribution >= 0.6 is 0 Å². The number of allylic oxidation sites excluding steroid dienone is 5. The molecule has 3 atom stereocenters. The minimum atomic E-state index is -0.928. The number of carbonyl (C=O) groups is 1. The van der Waals surface area contributed by atoms with Crippen LogP contribution in [0.3, 0.4) is 0 Å². The number of aliphatic hydroxyl groups excluding tert-OH is 3. The molecule has 3 unspecified atom stereocenters. The van der Waals surface area contributed by atoms with Crippen LogP contribution in [-0.4, -0.2) is 46.1 Å². The van der Waals surface area contributed by atoms with Crippen LogP contribution in [0.1, 0.15) is 322 Å². The average molecular weight is 929 g/mol. The Morgan fingerprint density at radius 1 is 0.394 bits per heavy atom. The lowest BCUT2D eigenvalue weighted by Gasteiger charge is -2.21. The van der Waals surface area contributed by atoms with E-state index in [9.17, 15) is 20.1 Å². The minimum Gasteiger partial charge on any atom is -0.394 e. The van der Waals surface area contributed by atoms with Gasteiger partial charge in [-0.25, -0.2) is 0 Å². The zero-order valence-electron chi connectivity index (χ0n) is 44.6. The molecule has 0 aliphatic heterocycles. The Morgan fingerprint density at radius 2 is 0.682 bits per heavy atom. The van der Waals surface area contributed by atoms with Crippen LogP contribution in [0, 0.1) is 0 Å². The number of rotatable bonds is 55. The molecule has 0 saturated heterocycles. The zero-order valence-corrected chi connectivity index (χ0v) is 44.6. The number of nitrogens with one attached hydrogen (secondary N) is 1. The van der Waals surface area contributed by atoms with Crippen molar-refractivity contribution < 1.29 is 20.1 Å². The zero-order chi connectivity index (χ0) is 47.9. The van der Waals surface area contributed by atoms with Crippen LogP contribution in [-0.2, 0) is 4.79 Å². The molecule has 390 valence electrons. The van der Waals surface area contributed by atoms with Gasteiger partial charge in [0, 0.05) is 0 Å². The molecule has 0 rings (SSSR count). The molecule has 0 bridgehead atoms. The van der Waals surface area contributed by atoms with Crippen molar-refractivity contribution in [3.63, 3.8) is 0 Å². The van der Waals surface area contributed by atoms with E-state index in [1.807, 2.05) is 6.08 Å². The number of hydrogen-bond acceptors (Lipinski definition) is 4. The summed E-state index contributed by atoms with van der Waals surface area (Å²) in [7, 11) is 0. The number of carbonyl (C=O) groups excluding carboxylic acids is 1. The van der Waals surface area contributed by atoms with Crippen LogP contribution in [0.15, 0.2) is 36.5 Å². The molecule has 0 aromatic heterocycles. The van der Waals surface area contributed by atoms with Gasteiger partial charge in [-0.15, -0.1) is 0 Å². The maximum atomic E-state index is 12.5. The number of hydrogen-bond donors (Lipinski definition) is 4. The third-order valence-corrected chi connectivity index (χ3v) is 13.9. The Balaban J connectivity index is 3.48. The summed E-state index contributed by atoms with van der Waals surface area (Å²) in [5.74, 6) is -0.313. The molecule has 0 aromatic carbocycles. The Bertz CT molecular complexity index is 1020. The lowest BCUT2D eigenvalue weighted by atomic mass is 10.0. The van der Waals surface area contributed by atoms with Gasteiger partial charge in [0.05, 0.1) is 31.3 Å². The fourth-order valence-electron chi connectivity index (χ4n) is 9.37. The molecule has 0 heterocycles. The van der Waals surface area contributed by atoms with Crippen molar-refractivity contribution in [2.24, 2.45) is 0 Å². The van der Waals surface area contributed by atoms with Crippen molar-refractivity contribution in [2.45, 2.75) is 340 Å². The van der Waals surface area contributed by atoms with E-state index in [0.29, 0.717) is 6.42 Å². The van der Waals surface area contributed by atoms with Gasteiger partial charge in [-0.2, -0.15) is 0 Å². The van der Waals surface area contributed by atoms with Crippen molar-refractivity contribution in [1.29, 1.82) is 0 Å². The van der Waals surface area contributed by atoms with Gasteiger partial charge in [-0.05, 0) is 51.4 Å². The highest BCUT2D eigenvalue weighted by Crippen LogP contribution is 2.17. The van der Waals surface area contributed by atoms with Crippen molar-refractivity contribution in [3.05, 3.63) is 36.5 Å². The van der Waals surface area contributed by atoms with Crippen molar-refractivity contribution in [1.82, 2.24) is 5.32 Å². The maximum Gasteiger partial charge on any atom is 0.222 e. The van der Waals surface area contributed by atoms with E-state index in [0.717, 1.165) is 32.1 Å². The van der Waals surface area contributed by atoms with E-state index >= 15 is 0 Å². The summed E-state index contributed by atoms with van der Waals surface area (Å²) >= 11 is 0. The first-order valence-corrected chi connectivity index (χ1v) is 29.8. The van der Waals surface area contributed by atoms with Gasteiger partial charge in [0.1, 0.15) is 0 Å². The van der Waals surface area contributed by atoms with Gasteiger partial charge < -0.3 is 20.6 Å². The Morgan fingerprint density at radius 3 is 1.00 bits per heavy atom. The monoisotopic (exact) mass is 928 g/mol. The van der Waals surface area contributed by atoms with Crippen LogP contribution in [0.25, 0.3) is 0 Å². The highest BCUT2D eigenvalue weighted by atomic mass is 16.3.